The summed E-state index contributed by atoms with van der Waals surface area (Å²) in [5.74, 6) is -0.372. The number of carbonyl (C=O) groups excluding carboxylic acids is 1. The van der Waals surface area contributed by atoms with Gasteiger partial charge in [-0.05, 0) is 12.8 Å². The van der Waals surface area contributed by atoms with E-state index in [-0.39, 0.29) is 5.97 Å². The monoisotopic (exact) mass is 254 g/mol. The molecular weight excluding hydrogens is 240 g/mol. The predicted octanol–water partition coefficient (Wildman–Crippen LogP) is 1.30. The largest absolute Gasteiger partial charge is 0.464 e. The number of hydrogen-bond donors (Lipinski definition) is 0. The van der Waals surface area contributed by atoms with Crippen molar-refractivity contribution in [3.05, 3.63) is 11.1 Å². The van der Waals surface area contributed by atoms with Crippen LogP contribution < -0.4 is 4.90 Å². The standard InChI is InChI=1S/C11H14N2O3S/c1-15-10(14)9-6-17-11(12-9)13-4-7-2-3-8(5-13)16-7/h6-8H,2-5H2,1H3/t7-,8+. The Hall–Kier alpha value is -1.14. The molecule has 2 aliphatic heterocycles. The summed E-state index contributed by atoms with van der Waals surface area (Å²) in [6.45, 7) is 1.76. The zero-order valence-electron chi connectivity index (χ0n) is 9.59. The topological polar surface area (TPSA) is 51.7 Å². The first-order chi connectivity index (χ1) is 8.26. The molecule has 0 amide bonds. The number of hydrogen-bond acceptors (Lipinski definition) is 6. The normalized spacial score (nSPS) is 27.2. The van der Waals surface area contributed by atoms with Crippen LogP contribution in [-0.2, 0) is 9.47 Å². The lowest BCUT2D eigenvalue weighted by Crippen LogP contribution is -2.42. The average Bonchev–Trinajstić information content (AvgIpc) is 2.95. The molecule has 0 saturated carbocycles. The number of carbonyl (C=O) groups is 1. The number of methoxy groups -OCH3 is 1. The zero-order chi connectivity index (χ0) is 11.8. The van der Waals surface area contributed by atoms with Crippen LogP contribution >= 0.6 is 11.3 Å². The van der Waals surface area contributed by atoms with Crippen LogP contribution in [0, 0.1) is 0 Å². The summed E-state index contributed by atoms with van der Waals surface area (Å²) >= 11 is 1.49. The molecule has 3 rings (SSSR count). The molecule has 3 heterocycles. The lowest BCUT2D eigenvalue weighted by Gasteiger charge is -2.31. The fourth-order valence-electron chi connectivity index (χ4n) is 2.38. The highest BCUT2D eigenvalue weighted by Crippen LogP contribution is 2.31. The van der Waals surface area contributed by atoms with E-state index in [0.29, 0.717) is 17.9 Å². The number of ether oxygens (including phenoxy) is 2. The SMILES string of the molecule is COC(=O)c1csc(N2C[C@H]3CC[C@@H](C2)O3)n1. The smallest absolute Gasteiger partial charge is 0.357 e. The minimum absolute atomic E-state index is 0.333. The van der Waals surface area contributed by atoms with E-state index in [1.165, 1.54) is 18.4 Å². The molecule has 2 saturated heterocycles. The predicted molar refractivity (Wildman–Crippen MR) is 63.6 cm³/mol. The van der Waals surface area contributed by atoms with Crippen LogP contribution in [0.4, 0.5) is 5.13 Å². The third-order valence-corrected chi connectivity index (χ3v) is 4.10. The fraction of sp³-hybridized carbons (Fsp3) is 0.636. The highest BCUT2D eigenvalue weighted by Gasteiger charge is 2.34. The van der Waals surface area contributed by atoms with E-state index in [2.05, 4.69) is 14.6 Å². The van der Waals surface area contributed by atoms with Crippen molar-refractivity contribution in [1.29, 1.82) is 0 Å². The molecule has 6 heteroatoms. The van der Waals surface area contributed by atoms with Crippen LogP contribution in [0.3, 0.4) is 0 Å². The molecule has 0 radical (unpaired) electrons. The number of fused-ring (bicyclic) bond motifs is 2. The Morgan fingerprint density at radius 3 is 2.88 bits per heavy atom. The number of aromatic nitrogens is 1. The maximum absolute atomic E-state index is 11.3. The van der Waals surface area contributed by atoms with E-state index >= 15 is 0 Å². The van der Waals surface area contributed by atoms with Gasteiger partial charge in [-0.2, -0.15) is 0 Å². The molecule has 2 atom stereocenters. The second-order valence-corrected chi connectivity index (χ2v) is 5.21. The third kappa shape index (κ3) is 2.02. The van der Waals surface area contributed by atoms with Gasteiger partial charge in [0.15, 0.2) is 10.8 Å². The van der Waals surface area contributed by atoms with Crippen molar-refractivity contribution in [2.24, 2.45) is 0 Å². The molecule has 92 valence electrons. The number of thiazole rings is 1. The van der Waals surface area contributed by atoms with Crippen molar-refractivity contribution < 1.29 is 14.3 Å². The van der Waals surface area contributed by atoms with Crippen molar-refractivity contribution in [1.82, 2.24) is 4.98 Å². The Balaban J connectivity index is 1.76. The van der Waals surface area contributed by atoms with E-state index in [1.807, 2.05) is 0 Å². The lowest BCUT2D eigenvalue weighted by molar-refractivity contribution is 0.0305. The van der Waals surface area contributed by atoms with E-state index in [9.17, 15) is 4.79 Å². The molecule has 1 aromatic rings. The first kappa shape index (κ1) is 11.0. The van der Waals surface area contributed by atoms with Gasteiger partial charge in [-0.15, -0.1) is 11.3 Å². The second-order valence-electron chi connectivity index (χ2n) is 4.37. The molecule has 0 aliphatic carbocycles. The number of esters is 1. The Morgan fingerprint density at radius 1 is 1.53 bits per heavy atom. The summed E-state index contributed by atoms with van der Waals surface area (Å²) in [5, 5.41) is 2.64. The molecule has 17 heavy (non-hydrogen) atoms. The molecule has 0 aromatic carbocycles. The number of nitrogens with zero attached hydrogens (tertiary/aromatic N) is 2. The molecule has 2 fully saturated rings. The van der Waals surface area contributed by atoms with E-state index < -0.39 is 0 Å². The number of rotatable bonds is 2. The maximum atomic E-state index is 11.3. The van der Waals surface area contributed by atoms with Gasteiger partial charge in [-0.25, -0.2) is 9.78 Å². The Bertz CT molecular complexity index is 422. The summed E-state index contributed by atoms with van der Waals surface area (Å²) in [6, 6.07) is 0. The first-order valence-corrected chi connectivity index (χ1v) is 6.58. The minimum atomic E-state index is -0.372. The average molecular weight is 254 g/mol. The van der Waals surface area contributed by atoms with Gasteiger partial charge in [0.25, 0.3) is 0 Å². The highest BCUT2D eigenvalue weighted by molar-refractivity contribution is 7.13. The Labute approximate surface area is 103 Å². The van der Waals surface area contributed by atoms with E-state index in [4.69, 9.17) is 4.74 Å². The summed E-state index contributed by atoms with van der Waals surface area (Å²) in [4.78, 5) is 17.9. The van der Waals surface area contributed by atoms with Crippen LogP contribution in [-0.4, -0.2) is 43.4 Å². The van der Waals surface area contributed by atoms with Crippen LogP contribution in [0.1, 0.15) is 23.3 Å². The number of anilines is 1. The van der Waals surface area contributed by atoms with Crippen molar-refractivity contribution in [2.75, 3.05) is 25.1 Å². The molecule has 0 spiro atoms. The summed E-state index contributed by atoms with van der Waals surface area (Å²) in [6.07, 6.45) is 2.94. The maximum Gasteiger partial charge on any atom is 0.357 e. The minimum Gasteiger partial charge on any atom is -0.464 e. The van der Waals surface area contributed by atoms with Crippen molar-refractivity contribution in [3.63, 3.8) is 0 Å². The summed E-state index contributed by atoms with van der Waals surface area (Å²) in [7, 11) is 1.37. The van der Waals surface area contributed by atoms with Crippen molar-refractivity contribution in [3.8, 4) is 0 Å². The van der Waals surface area contributed by atoms with Gasteiger partial charge in [-0.1, -0.05) is 0 Å². The highest BCUT2D eigenvalue weighted by atomic mass is 32.1. The van der Waals surface area contributed by atoms with Gasteiger partial charge in [-0.3, -0.25) is 0 Å². The van der Waals surface area contributed by atoms with Gasteiger partial charge < -0.3 is 14.4 Å². The van der Waals surface area contributed by atoms with Crippen LogP contribution in [0.25, 0.3) is 0 Å². The lowest BCUT2D eigenvalue weighted by atomic mass is 10.2. The Morgan fingerprint density at radius 2 is 2.24 bits per heavy atom. The molecular formula is C11H14N2O3S. The van der Waals surface area contributed by atoms with Crippen molar-refractivity contribution >= 4 is 22.4 Å². The quantitative estimate of drug-likeness (QED) is 0.745. The molecule has 2 aliphatic rings. The van der Waals surface area contributed by atoms with Gasteiger partial charge >= 0.3 is 5.97 Å². The second kappa shape index (κ2) is 4.27. The molecule has 0 unspecified atom stereocenters. The third-order valence-electron chi connectivity index (χ3n) is 3.20. The van der Waals surface area contributed by atoms with Crippen LogP contribution in [0.5, 0.6) is 0 Å². The Kier molecular flexibility index (Phi) is 2.76. The molecule has 5 nitrogen and oxygen atoms in total. The first-order valence-electron chi connectivity index (χ1n) is 5.70. The van der Waals surface area contributed by atoms with E-state index in [1.54, 1.807) is 5.38 Å². The number of morpholine rings is 1. The van der Waals surface area contributed by atoms with Gasteiger partial charge in [0, 0.05) is 18.5 Å². The van der Waals surface area contributed by atoms with Crippen LogP contribution in [0.2, 0.25) is 0 Å². The fourth-order valence-corrected chi connectivity index (χ4v) is 3.19. The van der Waals surface area contributed by atoms with Crippen molar-refractivity contribution in [2.45, 2.75) is 25.0 Å². The van der Waals surface area contributed by atoms with Gasteiger partial charge in [0.1, 0.15) is 0 Å². The summed E-state index contributed by atoms with van der Waals surface area (Å²) in [5.41, 5.74) is 0.395. The molecule has 0 N–H and O–H groups in total. The van der Waals surface area contributed by atoms with E-state index in [0.717, 1.165) is 31.1 Å². The van der Waals surface area contributed by atoms with Gasteiger partial charge in [0.2, 0.25) is 0 Å². The summed E-state index contributed by atoms with van der Waals surface area (Å²) < 4.78 is 10.4. The molecule has 1 aromatic heterocycles. The molecule has 2 bridgehead atoms. The van der Waals surface area contributed by atoms with Gasteiger partial charge in [0.05, 0.1) is 19.3 Å². The zero-order valence-corrected chi connectivity index (χ0v) is 10.4. The van der Waals surface area contributed by atoms with Crippen LogP contribution in [0.15, 0.2) is 5.38 Å².